The van der Waals surface area contributed by atoms with Crippen LogP contribution in [0.1, 0.15) is 34.1 Å². The number of nitrogens with zero attached hydrogens (tertiary/aromatic N) is 1. The van der Waals surface area contributed by atoms with Crippen molar-refractivity contribution in [2.24, 2.45) is 0 Å². The fourth-order valence-electron chi connectivity index (χ4n) is 1.53. The third-order valence-electron chi connectivity index (χ3n) is 2.78. The minimum atomic E-state index is -2.87. The molecule has 4 nitrogen and oxygen atoms in total. The quantitative estimate of drug-likeness (QED) is 0.749. The van der Waals surface area contributed by atoms with E-state index in [-0.39, 0.29) is 11.3 Å². The molecule has 0 aliphatic rings. The molecule has 0 aliphatic heterocycles. The average molecular weight is 264 g/mol. The maximum absolute atomic E-state index is 11.1. The van der Waals surface area contributed by atoms with Crippen LogP contribution < -0.4 is 5.32 Å². The predicted molar refractivity (Wildman–Crippen MR) is 74.2 cm³/mol. The van der Waals surface area contributed by atoms with E-state index in [4.69, 9.17) is 0 Å². The van der Waals surface area contributed by atoms with Crippen LogP contribution >= 0.6 is 0 Å². The normalized spacial score (nSPS) is 15.2. The summed E-state index contributed by atoms with van der Waals surface area (Å²) in [4.78, 5) is 2.12. The average Bonchev–Trinajstić information content (AvgIpc) is 2.12. The van der Waals surface area contributed by atoms with Crippen LogP contribution in [0.3, 0.4) is 0 Å². The molecule has 0 radical (unpaired) electrons. The van der Waals surface area contributed by atoms with E-state index >= 15 is 0 Å². The molecule has 0 saturated carbocycles. The Bertz CT molecular complexity index is 307. The number of nitrogens with one attached hydrogen (secondary N) is 1. The molecular formula is C12H28N2O2S. The van der Waals surface area contributed by atoms with Gasteiger partial charge in [-0.2, -0.15) is 0 Å². The van der Waals surface area contributed by atoms with Gasteiger partial charge in [0.15, 0.2) is 0 Å². The van der Waals surface area contributed by atoms with Crippen molar-refractivity contribution < 1.29 is 8.42 Å². The monoisotopic (exact) mass is 264 g/mol. The Morgan fingerprint density at radius 2 is 1.82 bits per heavy atom. The van der Waals surface area contributed by atoms with Crippen molar-refractivity contribution in [3.63, 3.8) is 0 Å². The molecule has 0 saturated heterocycles. The molecule has 0 heterocycles. The van der Waals surface area contributed by atoms with Gasteiger partial charge in [0.25, 0.3) is 0 Å². The molecule has 0 aromatic heterocycles. The fraction of sp³-hybridized carbons (Fsp3) is 1.00. The van der Waals surface area contributed by atoms with Gasteiger partial charge in [0, 0.05) is 30.9 Å². The third-order valence-corrected chi connectivity index (χ3v) is 3.70. The molecule has 0 aromatic rings. The highest BCUT2D eigenvalue weighted by Gasteiger charge is 2.17. The Balaban J connectivity index is 4.17. The first-order valence-corrected chi connectivity index (χ1v) is 8.24. The Labute approximate surface area is 107 Å². The second-order valence-corrected chi connectivity index (χ2v) is 8.06. The zero-order chi connectivity index (χ0) is 13.7. The maximum atomic E-state index is 11.1. The molecule has 1 atom stereocenters. The number of likely N-dealkylation sites (N-methyl/N-ethyl adjacent to an activating group) is 1. The summed E-state index contributed by atoms with van der Waals surface area (Å²) in [5.74, 6) is 0.232. The lowest BCUT2D eigenvalue weighted by atomic mass is 10.1. The first-order chi connectivity index (χ1) is 7.55. The van der Waals surface area contributed by atoms with Crippen LogP contribution in [0.2, 0.25) is 0 Å². The molecule has 5 heteroatoms. The number of sulfone groups is 1. The zero-order valence-electron chi connectivity index (χ0n) is 12.1. The van der Waals surface area contributed by atoms with E-state index in [1.165, 1.54) is 6.26 Å². The van der Waals surface area contributed by atoms with Crippen LogP contribution in [0.25, 0.3) is 0 Å². The van der Waals surface area contributed by atoms with Crippen molar-refractivity contribution in [1.82, 2.24) is 10.2 Å². The lowest BCUT2D eigenvalue weighted by Crippen LogP contribution is -2.47. The summed E-state index contributed by atoms with van der Waals surface area (Å²) in [6.45, 7) is 10.0. The van der Waals surface area contributed by atoms with Crippen LogP contribution in [-0.2, 0) is 9.84 Å². The third kappa shape index (κ3) is 9.56. The summed E-state index contributed by atoms with van der Waals surface area (Å²) < 4.78 is 22.2. The van der Waals surface area contributed by atoms with E-state index in [9.17, 15) is 8.42 Å². The number of hydrogen-bond acceptors (Lipinski definition) is 4. The van der Waals surface area contributed by atoms with Gasteiger partial charge >= 0.3 is 0 Å². The Morgan fingerprint density at radius 1 is 1.29 bits per heavy atom. The van der Waals surface area contributed by atoms with Gasteiger partial charge in [-0.05, 0) is 34.2 Å². The first kappa shape index (κ1) is 16.9. The van der Waals surface area contributed by atoms with E-state index in [1.807, 2.05) is 7.05 Å². The molecule has 104 valence electrons. The minimum absolute atomic E-state index is 0.102. The SMILES string of the molecule is CCC(CNC(C)(C)C)N(C)CCS(C)(=O)=O. The first-order valence-electron chi connectivity index (χ1n) is 6.18. The fourth-order valence-corrected chi connectivity index (χ4v) is 2.15. The zero-order valence-corrected chi connectivity index (χ0v) is 12.9. The maximum Gasteiger partial charge on any atom is 0.148 e. The van der Waals surface area contributed by atoms with Gasteiger partial charge in [0.05, 0.1) is 5.75 Å². The Morgan fingerprint density at radius 3 is 2.18 bits per heavy atom. The van der Waals surface area contributed by atoms with Crippen LogP contribution in [0.5, 0.6) is 0 Å². The molecule has 0 rings (SSSR count). The van der Waals surface area contributed by atoms with Gasteiger partial charge < -0.3 is 10.2 Å². The molecular weight excluding hydrogens is 236 g/mol. The predicted octanol–water partition coefficient (Wildman–Crippen LogP) is 1.13. The molecule has 17 heavy (non-hydrogen) atoms. The second kappa shape index (κ2) is 6.71. The highest BCUT2D eigenvalue weighted by atomic mass is 32.2. The molecule has 1 unspecified atom stereocenters. The Kier molecular flexibility index (Phi) is 6.66. The van der Waals surface area contributed by atoms with Gasteiger partial charge in [-0.1, -0.05) is 6.92 Å². The van der Waals surface area contributed by atoms with Crippen LogP contribution in [0.4, 0.5) is 0 Å². The van der Waals surface area contributed by atoms with E-state index in [1.54, 1.807) is 0 Å². The van der Waals surface area contributed by atoms with E-state index in [2.05, 4.69) is 37.9 Å². The van der Waals surface area contributed by atoms with Crippen molar-refractivity contribution >= 4 is 9.84 Å². The van der Waals surface area contributed by atoms with E-state index < -0.39 is 9.84 Å². The molecule has 0 aliphatic carbocycles. The highest BCUT2D eigenvalue weighted by molar-refractivity contribution is 7.90. The van der Waals surface area contributed by atoms with Gasteiger partial charge in [-0.3, -0.25) is 0 Å². The summed E-state index contributed by atoms with van der Waals surface area (Å²) in [6, 6.07) is 0.385. The number of hydrogen-bond donors (Lipinski definition) is 1. The topological polar surface area (TPSA) is 49.4 Å². The van der Waals surface area contributed by atoms with Gasteiger partial charge in [0.1, 0.15) is 9.84 Å². The largest absolute Gasteiger partial charge is 0.311 e. The van der Waals surface area contributed by atoms with E-state index in [0.29, 0.717) is 12.6 Å². The second-order valence-electron chi connectivity index (χ2n) is 5.80. The van der Waals surface area contributed by atoms with Crippen molar-refractivity contribution in [3.05, 3.63) is 0 Å². The van der Waals surface area contributed by atoms with Crippen LogP contribution in [0, 0.1) is 0 Å². The molecule has 0 aromatic carbocycles. The highest BCUT2D eigenvalue weighted by Crippen LogP contribution is 2.05. The molecule has 0 amide bonds. The number of rotatable bonds is 7. The molecule has 1 N–H and O–H groups in total. The van der Waals surface area contributed by atoms with Crippen molar-refractivity contribution in [1.29, 1.82) is 0 Å². The van der Waals surface area contributed by atoms with Gasteiger partial charge in [-0.25, -0.2) is 8.42 Å². The summed E-state index contributed by atoms with van der Waals surface area (Å²) in [5, 5.41) is 3.46. The van der Waals surface area contributed by atoms with Gasteiger partial charge in [-0.15, -0.1) is 0 Å². The van der Waals surface area contributed by atoms with Gasteiger partial charge in [0.2, 0.25) is 0 Å². The smallest absolute Gasteiger partial charge is 0.148 e. The lowest BCUT2D eigenvalue weighted by molar-refractivity contribution is 0.226. The van der Waals surface area contributed by atoms with Crippen molar-refractivity contribution in [3.8, 4) is 0 Å². The molecule has 0 fully saturated rings. The van der Waals surface area contributed by atoms with Crippen molar-refractivity contribution in [2.45, 2.75) is 45.7 Å². The summed E-state index contributed by atoms with van der Waals surface area (Å²) >= 11 is 0. The lowest BCUT2D eigenvalue weighted by Gasteiger charge is -2.30. The standard InChI is InChI=1S/C12H28N2O2S/c1-7-11(10-13-12(2,3)4)14(5)8-9-17(6,15)16/h11,13H,7-10H2,1-6H3. The van der Waals surface area contributed by atoms with Crippen LogP contribution in [0.15, 0.2) is 0 Å². The van der Waals surface area contributed by atoms with Crippen molar-refractivity contribution in [2.75, 3.05) is 32.1 Å². The summed E-state index contributed by atoms with van der Waals surface area (Å²) in [5.41, 5.74) is 0.102. The molecule has 0 spiro atoms. The minimum Gasteiger partial charge on any atom is -0.311 e. The van der Waals surface area contributed by atoms with E-state index in [0.717, 1.165) is 13.0 Å². The van der Waals surface area contributed by atoms with Crippen LogP contribution in [-0.4, -0.2) is 57.0 Å². The summed E-state index contributed by atoms with van der Waals surface area (Å²) in [7, 11) is -0.877. The Hall–Kier alpha value is -0.130. The summed E-state index contributed by atoms with van der Waals surface area (Å²) in [6.07, 6.45) is 2.30. The molecule has 0 bridgehead atoms.